The lowest BCUT2D eigenvalue weighted by Crippen LogP contribution is -2.35. The van der Waals surface area contributed by atoms with Crippen molar-refractivity contribution < 1.29 is 27.9 Å². The summed E-state index contributed by atoms with van der Waals surface area (Å²) in [6, 6.07) is 10.2. The number of carbonyl (C=O) groups is 2. The highest BCUT2D eigenvalue weighted by atomic mass is 32.2. The number of amides is 1. The third-order valence-corrected chi connectivity index (χ3v) is 6.75. The van der Waals surface area contributed by atoms with Gasteiger partial charge in [-0.15, -0.1) is 0 Å². The zero-order valence-corrected chi connectivity index (χ0v) is 17.4. The van der Waals surface area contributed by atoms with E-state index in [4.69, 9.17) is 4.74 Å². The minimum Gasteiger partial charge on any atom is -0.508 e. The van der Waals surface area contributed by atoms with E-state index in [0.717, 1.165) is 19.3 Å². The van der Waals surface area contributed by atoms with Crippen LogP contribution in [0, 0.1) is 6.92 Å². The normalized spacial score (nSPS) is 14.8. The van der Waals surface area contributed by atoms with Crippen LogP contribution in [-0.4, -0.2) is 49.4 Å². The first kappa shape index (κ1) is 21.8. The fraction of sp³-hybridized carbons (Fsp3) is 0.333. The number of hydrogen-bond donors (Lipinski definition) is 2. The Balaban J connectivity index is 1.66. The van der Waals surface area contributed by atoms with E-state index < -0.39 is 28.5 Å². The summed E-state index contributed by atoms with van der Waals surface area (Å²) in [6.07, 6.45) is 2.68. The molecule has 8 nitrogen and oxygen atoms in total. The Labute approximate surface area is 175 Å². The highest BCUT2D eigenvalue weighted by Crippen LogP contribution is 2.25. The van der Waals surface area contributed by atoms with E-state index >= 15 is 0 Å². The predicted octanol–water partition coefficient (Wildman–Crippen LogP) is 2.67. The van der Waals surface area contributed by atoms with Crippen LogP contribution in [0.3, 0.4) is 0 Å². The van der Waals surface area contributed by atoms with Crippen LogP contribution < -0.4 is 5.32 Å². The van der Waals surface area contributed by atoms with Gasteiger partial charge in [-0.1, -0.05) is 18.6 Å². The van der Waals surface area contributed by atoms with Crippen LogP contribution in [0.15, 0.2) is 47.4 Å². The van der Waals surface area contributed by atoms with Gasteiger partial charge in [0.05, 0.1) is 10.5 Å². The molecule has 30 heavy (non-hydrogen) atoms. The number of sulfonamides is 1. The lowest BCUT2D eigenvalue weighted by molar-refractivity contribution is -0.119. The first-order valence-electron chi connectivity index (χ1n) is 9.64. The fourth-order valence-corrected chi connectivity index (χ4v) is 4.73. The predicted molar refractivity (Wildman–Crippen MR) is 111 cm³/mol. The molecular formula is C21H24N2O6S. The van der Waals surface area contributed by atoms with Crippen molar-refractivity contribution in [3.05, 3.63) is 53.6 Å². The third kappa shape index (κ3) is 5.17. The van der Waals surface area contributed by atoms with E-state index in [1.54, 1.807) is 13.0 Å². The van der Waals surface area contributed by atoms with Crippen LogP contribution in [0.4, 0.5) is 5.69 Å². The molecule has 0 saturated carbocycles. The molecule has 0 atom stereocenters. The largest absolute Gasteiger partial charge is 0.508 e. The van der Waals surface area contributed by atoms with Gasteiger partial charge in [0.25, 0.3) is 5.91 Å². The Morgan fingerprint density at radius 3 is 2.53 bits per heavy atom. The molecule has 1 aliphatic heterocycles. The average Bonchev–Trinajstić information content (AvgIpc) is 2.74. The molecule has 1 amide bonds. The van der Waals surface area contributed by atoms with Crippen molar-refractivity contribution in [3.8, 4) is 5.75 Å². The summed E-state index contributed by atoms with van der Waals surface area (Å²) < 4.78 is 32.1. The van der Waals surface area contributed by atoms with E-state index in [1.807, 2.05) is 0 Å². The zero-order chi connectivity index (χ0) is 21.7. The fourth-order valence-electron chi connectivity index (χ4n) is 3.18. The minimum absolute atomic E-state index is 0.0868. The lowest BCUT2D eigenvalue weighted by Gasteiger charge is -2.26. The Morgan fingerprint density at radius 2 is 1.83 bits per heavy atom. The van der Waals surface area contributed by atoms with Crippen LogP contribution in [-0.2, 0) is 19.6 Å². The number of nitrogens with one attached hydrogen (secondary N) is 1. The summed E-state index contributed by atoms with van der Waals surface area (Å²) in [5.74, 6) is -1.44. The molecule has 1 aliphatic rings. The molecule has 3 rings (SSSR count). The Hall–Kier alpha value is -2.91. The number of ether oxygens (including phenoxy) is 1. The second-order valence-electron chi connectivity index (χ2n) is 7.12. The van der Waals surface area contributed by atoms with Gasteiger partial charge in [0.15, 0.2) is 6.61 Å². The van der Waals surface area contributed by atoms with Crippen molar-refractivity contribution in [1.29, 1.82) is 0 Å². The number of hydrogen-bond acceptors (Lipinski definition) is 6. The molecular weight excluding hydrogens is 408 g/mol. The topological polar surface area (TPSA) is 113 Å². The molecule has 0 spiro atoms. The zero-order valence-electron chi connectivity index (χ0n) is 16.6. The number of esters is 1. The van der Waals surface area contributed by atoms with Gasteiger partial charge in [0, 0.05) is 18.8 Å². The number of phenolic OH excluding ortho intramolecular Hbond substituents is 1. The summed E-state index contributed by atoms with van der Waals surface area (Å²) >= 11 is 0. The van der Waals surface area contributed by atoms with E-state index in [1.165, 1.54) is 40.7 Å². The van der Waals surface area contributed by atoms with E-state index in [-0.39, 0.29) is 16.2 Å². The number of rotatable bonds is 6. The monoisotopic (exact) mass is 432 g/mol. The highest BCUT2D eigenvalue weighted by Gasteiger charge is 2.26. The van der Waals surface area contributed by atoms with Gasteiger partial charge >= 0.3 is 5.97 Å². The molecule has 2 aromatic rings. The molecule has 0 aliphatic carbocycles. The van der Waals surface area contributed by atoms with Crippen LogP contribution in [0.1, 0.15) is 35.2 Å². The van der Waals surface area contributed by atoms with Gasteiger partial charge in [0.1, 0.15) is 5.75 Å². The van der Waals surface area contributed by atoms with E-state index in [0.29, 0.717) is 24.3 Å². The van der Waals surface area contributed by atoms with Crippen molar-refractivity contribution >= 4 is 27.6 Å². The van der Waals surface area contributed by atoms with Crippen LogP contribution in [0.5, 0.6) is 5.75 Å². The maximum absolute atomic E-state index is 12.9. The molecule has 2 N–H and O–H groups in total. The minimum atomic E-state index is -3.63. The molecule has 2 aromatic carbocycles. The molecule has 0 unspecified atom stereocenters. The summed E-state index contributed by atoms with van der Waals surface area (Å²) in [7, 11) is -3.63. The number of aromatic hydroxyl groups is 1. The Morgan fingerprint density at radius 1 is 1.10 bits per heavy atom. The van der Waals surface area contributed by atoms with Gasteiger partial charge < -0.3 is 15.2 Å². The van der Waals surface area contributed by atoms with Gasteiger partial charge in [-0.3, -0.25) is 4.79 Å². The number of carbonyl (C=O) groups excluding carboxylic acids is 2. The first-order chi connectivity index (χ1) is 14.3. The number of phenols is 1. The van der Waals surface area contributed by atoms with E-state index in [2.05, 4.69) is 5.32 Å². The standard InChI is InChI=1S/C21H24N2O6S/c1-15-8-9-18(30(27,28)23-10-3-2-4-11-23)13-19(15)22-20(25)14-29-21(26)16-6-5-7-17(24)12-16/h5-9,12-13,24H,2-4,10-11,14H2,1H3,(H,22,25). The van der Waals surface area contributed by atoms with Crippen molar-refractivity contribution in [2.24, 2.45) is 0 Å². The Kier molecular flexibility index (Phi) is 6.73. The van der Waals surface area contributed by atoms with E-state index in [9.17, 15) is 23.1 Å². The average molecular weight is 432 g/mol. The Bertz CT molecular complexity index is 1050. The molecule has 160 valence electrons. The van der Waals surface area contributed by atoms with Crippen LogP contribution in [0.2, 0.25) is 0 Å². The third-order valence-electron chi connectivity index (χ3n) is 4.85. The molecule has 1 saturated heterocycles. The van der Waals surface area contributed by atoms with Crippen LogP contribution in [0.25, 0.3) is 0 Å². The maximum Gasteiger partial charge on any atom is 0.338 e. The van der Waals surface area contributed by atoms with Crippen molar-refractivity contribution in [1.82, 2.24) is 4.31 Å². The second kappa shape index (κ2) is 9.27. The van der Waals surface area contributed by atoms with Gasteiger partial charge in [0.2, 0.25) is 10.0 Å². The van der Waals surface area contributed by atoms with Crippen molar-refractivity contribution in [3.63, 3.8) is 0 Å². The molecule has 0 bridgehead atoms. The molecule has 0 radical (unpaired) electrons. The summed E-state index contributed by atoms with van der Waals surface area (Å²) in [4.78, 5) is 24.3. The van der Waals surface area contributed by atoms with Crippen LogP contribution >= 0.6 is 0 Å². The number of piperidine rings is 1. The molecule has 1 fully saturated rings. The second-order valence-corrected chi connectivity index (χ2v) is 9.05. The number of benzene rings is 2. The summed E-state index contributed by atoms with van der Waals surface area (Å²) in [5, 5.41) is 12.0. The van der Waals surface area contributed by atoms with Gasteiger partial charge in [-0.2, -0.15) is 4.31 Å². The SMILES string of the molecule is Cc1ccc(S(=O)(=O)N2CCCCC2)cc1NC(=O)COC(=O)c1cccc(O)c1. The summed E-state index contributed by atoms with van der Waals surface area (Å²) in [6.45, 7) is 2.18. The molecule has 9 heteroatoms. The van der Waals surface area contributed by atoms with Crippen molar-refractivity contribution in [2.45, 2.75) is 31.1 Å². The highest BCUT2D eigenvalue weighted by molar-refractivity contribution is 7.89. The smallest absolute Gasteiger partial charge is 0.338 e. The lowest BCUT2D eigenvalue weighted by atomic mass is 10.2. The van der Waals surface area contributed by atoms with Crippen molar-refractivity contribution in [2.75, 3.05) is 25.0 Å². The first-order valence-corrected chi connectivity index (χ1v) is 11.1. The summed E-state index contributed by atoms with van der Waals surface area (Å²) in [5.41, 5.74) is 1.14. The number of nitrogens with zero attached hydrogens (tertiary/aromatic N) is 1. The molecule has 0 aromatic heterocycles. The quantitative estimate of drug-likeness (QED) is 0.679. The number of anilines is 1. The van der Waals surface area contributed by atoms with Gasteiger partial charge in [-0.25, -0.2) is 13.2 Å². The number of aryl methyl sites for hydroxylation is 1. The molecule has 1 heterocycles. The maximum atomic E-state index is 12.9. The van der Waals surface area contributed by atoms with Gasteiger partial charge in [-0.05, 0) is 55.7 Å².